The zero-order chi connectivity index (χ0) is 20.6. The normalized spacial score (nSPS) is 18.4. The first-order chi connectivity index (χ1) is 13.9. The lowest BCUT2D eigenvalue weighted by Gasteiger charge is -2.32. The molecular weight excluding hydrogens is 386 g/mol. The number of piperidine rings is 1. The number of benzene rings is 2. The summed E-state index contributed by atoms with van der Waals surface area (Å²) in [5, 5.41) is 0. The quantitative estimate of drug-likeness (QED) is 0.629. The second-order valence-corrected chi connectivity index (χ2v) is 9.68. The van der Waals surface area contributed by atoms with Gasteiger partial charge >= 0.3 is 0 Å². The third-order valence-corrected chi connectivity index (χ3v) is 7.48. The Morgan fingerprint density at radius 1 is 1.10 bits per heavy atom. The lowest BCUT2D eigenvalue weighted by Crippen LogP contribution is -2.40. The van der Waals surface area contributed by atoms with Crippen LogP contribution in [0.1, 0.15) is 44.5 Å². The van der Waals surface area contributed by atoms with Crippen LogP contribution in [0, 0.1) is 0 Å². The summed E-state index contributed by atoms with van der Waals surface area (Å²) >= 11 is 0. The van der Waals surface area contributed by atoms with Crippen LogP contribution in [0.3, 0.4) is 0 Å². The van der Waals surface area contributed by atoms with E-state index in [4.69, 9.17) is 9.72 Å². The molecule has 3 aromatic rings. The van der Waals surface area contributed by atoms with Crippen LogP contribution in [-0.2, 0) is 10.0 Å². The lowest BCUT2D eigenvalue weighted by atomic mass is 9.98. The van der Waals surface area contributed by atoms with Gasteiger partial charge in [-0.05, 0) is 51.0 Å². The molecule has 0 aliphatic carbocycles. The predicted octanol–water partition coefficient (Wildman–Crippen LogP) is 4.19. The smallest absolute Gasteiger partial charge is 0.246 e. The largest absolute Gasteiger partial charge is 0.495 e. The number of nitrogens with zero attached hydrogens (tertiary/aromatic N) is 3. The minimum absolute atomic E-state index is 0.0584. The molecule has 4 rings (SSSR count). The van der Waals surface area contributed by atoms with E-state index in [-0.39, 0.29) is 16.9 Å². The minimum atomic E-state index is -3.64. The highest BCUT2D eigenvalue weighted by molar-refractivity contribution is 7.89. The van der Waals surface area contributed by atoms with Crippen LogP contribution in [0.4, 0.5) is 0 Å². The monoisotopic (exact) mass is 413 g/mol. The molecule has 7 heteroatoms. The molecule has 0 spiro atoms. The molecular formula is C22H27N3O3S. The average molecular weight is 414 g/mol. The van der Waals surface area contributed by atoms with Crippen molar-refractivity contribution in [3.8, 4) is 5.75 Å². The van der Waals surface area contributed by atoms with Gasteiger partial charge in [0.15, 0.2) is 0 Å². The van der Waals surface area contributed by atoms with Gasteiger partial charge in [-0.1, -0.05) is 24.3 Å². The second kappa shape index (κ2) is 7.80. The van der Waals surface area contributed by atoms with E-state index in [1.54, 1.807) is 28.6 Å². The number of ether oxygens (including phenoxy) is 1. The van der Waals surface area contributed by atoms with Gasteiger partial charge in [0.25, 0.3) is 0 Å². The highest BCUT2D eigenvalue weighted by Gasteiger charge is 2.34. The number of rotatable bonds is 5. The number of methoxy groups -OCH3 is 1. The summed E-state index contributed by atoms with van der Waals surface area (Å²) in [6, 6.07) is 15.2. The first-order valence-electron chi connectivity index (χ1n) is 10.0. The fourth-order valence-corrected chi connectivity index (χ4v) is 5.92. The molecule has 6 nitrogen and oxygen atoms in total. The van der Waals surface area contributed by atoms with E-state index in [1.807, 2.05) is 18.2 Å². The van der Waals surface area contributed by atoms with Crippen molar-refractivity contribution in [1.82, 2.24) is 13.9 Å². The predicted molar refractivity (Wildman–Crippen MR) is 114 cm³/mol. The fourth-order valence-electron chi connectivity index (χ4n) is 4.24. The molecule has 2 heterocycles. The van der Waals surface area contributed by atoms with Crippen LogP contribution < -0.4 is 4.74 Å². The molecule has 154 valence electrons. The first-order valence-corrected chi connectivity index (χ1v) is 11.5. The first kappa shape index (κ1) is 19.9. The molecule has 1 atom stereocenters. The summed E-state index contributed by atoms with van der Waals surface area (Å²) in [4.78, 5) is 5.12. The Bertz CT molecular complexity index is 1120. The van der Waals surface area contributed by atoms with Gasteiger partial charge in [-0.15, -0.1) is 0 Å². The highest BCUT2D eigenvalue weighted by atomic mass is 32.2. The Balaban J connectivity index is 1.71. The van der Waals surface area contributed by atoms with E-state index in [9.17, 15) is 8.42 Å². The third kappa shape index (κ3) is 3.53. The number of hydrogen-bond donors (Lipinski definition) is 0. The van der Waals surface area contributed by atoms with Crippen LogP contribution in [-0.4, -0.2) is 42.5 Å². The van der Waals surface area contributed by atoms with E-state index in [1.165, 1.54) is 7.11 Å². The molecule has 2 aromatic carbocycles. The maximum atomic E-state index is 13.4. The van der Waals surface area contributed by atoms with E-state index in [2.05, 4.69) is 24.5 Å². The Hall–Kier alpha value is -2.38. The van der Waals surface area contributed by atoms with E-state index in [0.29, 0.717) is 18.8 Å². The van der Waals surface area contributed by atoms with Gasteiger partial charge in [0.05, 0.1) is 18.1 Å². The average Bonchev–Trinajstić information content (AvgIpc) is 3.13. The SMILES string of the molecule is COc1ccccc1S(=O)(=O)N1CCCC(c2nc3ccccc3n2C(C)C)C1. The number of imidazole rings is 1. The van der Waals surface area contributed by atoms with E-state index >= 15 is 0 Å². The molecule has 1 aliphatic heterocycles. The van der Waals surface area contributed by atoms with Crippen molar-refractivity contribution in [1.29, 1.82) is 0 Å². The van der Waals surface area contributed by atoms with Crippen LogP contribution in [0.5, 0.6) is 5.75 Å². The van der Waals surface area contributed by atoms with E-state index in [0.717, 1.165) is 29.7 Å². The summed E-state index contributed by atoms with van der Waals surface area (Å²) in [5.74, 6) is 1.41. The van der Waals surface area contributed by atoms with Gasteiger partial charge in [0.2, 0.25) is 10.0 Å². The van der Waals surface area contributed by atoms with Crippen LogP contribution in [0.25, 0.3) is 11.0 Å². The van der Waals surface area contributed by atoms with Gasteiger partial charge in [-0.25, -0.2) is 13.4 Å². The third-order valence-electron chi connectivity index (χ3n) is 5.58. The number of aromatic nitrogens is 2. The molecule has 0 N–H and O–H groups in total. The molecule has 1 saturated heterocycles. The molecule has 0 amide bonds. The zero-order valence-corrected chi connectivity index (χ0v) is 17.9. The summed E-state index contributed by atoms with van der Waals surface area (Å²) in [7, 11) is -2.14. The van der Waals surface area contributed by atoms with Crippen LogP contribution in [0.2, 0.25) is 0 Å². The van der Waals surface area contributed by atoms with Crippen molar-refractivity contribution in [2.24, 2.45) is 0 Å². The van der Waals surface area contributed by atoms with Gasteiger partial charge in [0, 0.05) is 25.0 Å². The number of para-hydroxylation sites is 3. The van der Waals surface area contributed by atoms with Crippen molar-refractivity contribution < 1.29 is 13.2 Å². The van der Waals surface area contributed by atoms with Gasteiger partial charge in [-0.2, -0.15) is 4.31 Å². The minimum Gasteiger partial charge on any atom is -0.495 e. The molecule has 0 saturated carbocycles. The van der Waals surface area contributed by atoms with Gasteiger partial charge < -0.3 is 9.30 Å². The number of hydrogen-bond acceptors (Lipinski definition) is 4. The number of sulfonamides is 1. The van der Waals surface area contributed by atoms with Crippen molar-refractivity contribution >= 4 is 21.1 Å². The van der Waals surface area contributed by atoms with Gasteiger partial charge in [0.1, 0.15) is 16.5 Å². The Kier molecular flexibility index (Phi) is 5.36. The Morgan fingerprint density at radius 2 is 1.83 bits per heavy atom. The molecule has 1 fully saturated rings. The van der Waals surface area contributed by atoms with Crippen LogP contribution >= 0.6 is 0 Å². The second-order valence-electron chi connectivity index (χ2n) is 7.78. The summed E-state index contributed by atoms with van der Waals surface area (Å²) in [5.41, 5.74) is 2.06. The molecule has 0 bridgehead atoms. The summed E-state index contributed by atoms with van der Waals surface area (Å²) < 4.78 is 35.8. The lowest BCUT2D eigenvalue weighted by molar-refractivity contribution is 0.302. The van der Waals surface area contributed by atoms with Gasteiger partial charge in [-0.3, -0.25) is 0 Å². The zero-order valence-electron chi connectivity index (χ0n) is 17.1. The molecule has 1 aliphatic rings. The van der Waals surface area contributed by atoms with Crippen molar-refractivity contribution in [2.45, 2.75) is 43.5 Å². The van der Waals surface area contributed by atoms with Crippen molar-refractivity contribution in [3.63, 3.8) is 0 Å². The van der Waals surface area contributed by atoms with Crippen molar-refractivity contribution in [3.05, 3.63) is 54.4 Å². The summed E-state index contributed by atoms with van der Waals surface area (Å²) in [6.45, 7) is 5.22. The molecule has 29 heavy (non-hydrogen) atoms. The Morgan fingerprint density at radius 3 is 2.59 bits per heavy atom. The standard InChI is InChI=1S/C22H27N3O3S/c1-16(2)25-19-11-5-4-10-18(19)23-22(25)17-9-8-14-24(15-17)29(26,27)21-13-7-6-12-20(21)28-3/h4-7,10-13,16-17H,8-9,14-15H2,1-3H3. The summed E-state index contributed by atoms with van der Waals surface area (Å²) in [6.07, 6.45) is 1.73. The topological polar surface area (TPSA) is 64.4 Å². The van der Waals surface area contributed by atoms with Crippen LogP contribution in [0.15, 0.2) is 53.4 Å². The maximum Gasteiger partial charge on any atom is 0.246 e. The molecule has 1 unspecified atom stereocenters. The molecule has 0 radical (unpaired) electrons. The van der Waals surface area contributed by atoms with E-state index < -0.39 is 10.0 Å². The number of fused-ring (bicyclic) bond motifs is 1. The molecule has 1 aromatic heterocycles. The maximum absolute atomic E-state index is 13.4. The Labute approximate surface area is 172 Å². The highest BCUT2D eigenvalue weighted by Crippen LogP contribution is 2.35. The fraction of sp³-hybridized carbons (Fsp3) is 0.409. The van der Waals surface area contributed by atoms with Crippen molar-refractivity contribution in [2.75, 3.05) is 20.2 Å².